The lowest BCUT2D eigenvalue weighted by molar-refractivity contribution is 0.403. The van der Waals surface area contributed by atoms with Crippen LogP contribution in [0.4, 0.5) is 0 Å². The third kappa shape index (κ3) is 3.61. The SMILES string of the molecule is CCCCCCC1(CCCCCC)c2ccccc2-c2ccc3c(c21)c1ccccc1n3C. The second-order valence-corrected chi connectivity index (χ2v) is 10.2. The highest BCUT2D eigenvalue weighted by Crippen LogP contribution is 2.57. The van der Waals surface area contributed by atoms with Crippen molar-refractivity contribution in [2.45, 2.75) is 83.5 Å². The van der Waals surface area contributed by atoms with E-state index < -0.39 is 0 Å². The Morgan fingerprint density at radius 3 is 2.03 bits per heavy atom. The van der Waals surface area contributed by atoms with E-state index >= 15 is 0 Å². The summed E-state index contributed by atoms with van der Waals surface area (Å²) in [6, 6.07) is 23.2. The molecule has 33 heavy (non-hydrogen) atoms. The largest absolute Gasteiger partial charge is 0.344 e. The number of nitrogens with zero attached hydrogens (tertiary/aromatic N) is 1. The maximum Gasteiger partial charge on any atom is 0.0492 e. The lowest BCUT2D eigenvalue weighted by Crippen LogP contribution is -2.26. The minimum Gasteiger partial charge on any atom is -0.344 e. The molecule has 0 unspecified atom stereocenters. The Labute approximate surface area is 199 Å². The van der Waals surface area contributed by atoms with E-state index in [0.29, 0.717) is 0 Å². The molecule has 0 atom stereocenters. The number of hydrogen-bond donors (Lipinski definition) is 0. The van der Waals surface area contributed by atoms with Crippen LogP contribution in [0.25, 0.3) is 32.9 Å². The van der Waals surface area contributed by atoms with E-state index in [1.165, 1.54) is 97.1 Å². The van der Waals surface area contributed by atoms with Crippen molar-refractivity contribution in [1.82, 2.24) is 4.57 Å². The molecule has 0 amide bonds. The van der Waals surface area contributed by atoms with Crippen molar-refractivity contribution < 1.29 is 0 Å². The van der Waals surface area contributed by atoms with Crippen molar-refractivity contribution in [2.24, 2.45) is 7.05 Å². The van der Waals surface area contributed by atoms with Gasteiger partial charge in [0.05, 0.1) is 0 Å². The molecule has 1 nitrogen and oxygen atoms in total. The van der Waals surface area contributed by atoms with Gasteiger partial charge in [0, 0.05) is 34.3 Å². The lowest BCUT2D eigenvalue weighted by atomic mass is 9.69. The van der Waals surface area contributed by atoms with Gasteiger partial charge in [0.2, 0.25) is 0 Å². The van der Waals surface area contributed by atoms with E-state index in [1.807, 2.05) is 0 Å². The predicted molar refractivity (Wildman–Crippen MR) is 144 cm³/mol. The Morgan fingerprint density at radius 1 is 0.636 bits per heavy atom. The maximum absolute atomic E-state index is 2.45. The molecule has 1 aromatic heterocycles. The second kappa shape index (κ2) is 9.37. The quantitative estimate of drug-likeness (QED) is 0.218. The first kappa shape index (κ1) is 22.3. The molecule has 0 fully saturated rings. The van der Waals surface area contributed by atoms with Gasteiger partial charge in [0.1, 0.15) is 0 Å². The second-order valence-electron chi connectivity index (χ2n) is 10.2. The number of rotatable bonds is 10. The van der Waals surface area contributed by atoms with Crippen LogP contribution >= 0.6 is 0 Å². The molecule has 0 bridgehead atoms. The minimum absolute atomic E-state index is 0.136. The molecule has 0 N–H and O–H groups in total. The standard InChI is InChI=1S/C32H39N/c1-4-6-8-14-22-32(23-15-9-7-5-2)27-18-12-10-16-24(27)25-20-21-29-30(31(25)32)26-17-11-13-19-28(26)33(29)3/h10-13,16-21H,4-9,14-15,22-23H2,1-3H3. The molecular formula is C32H39N. The van der Waals surface area contributed by atoms with Gasteiger partial charge in [-0.25, -0.2) is 0 Å². The molecule has 1 aliphatic rings. The van der Waals surface area contributed by atoms with Crippen molar-refractivity contribution in [3.05, 3.63) is 71.8 Å². The molecule has 0 radical (unpaired) electrons. The van der Waals surface area contributed by atoms with E-state index in [1.54, 1.807) is 11.1 Å². The normalized spacial score (nSPS) is 14.2. The molecule has 1 heteroatoms. The van der Waals surface area contributed by atoms with Crippen LogP contribution in [0.5, 0.6) is 0 Å². The van der Waals surface area contributed by atoms with Gasteiger partial charge in [0.25, 0.3) is 0 Å². The number of hydrogen-bond acceptors (Lipinski definition) is 0. The van der Waals surface area contributed by atoms with E-state index in [4.69, 9.17) is 0 Å². The zero-order valence-electron chi connectivity index (χ0n) is 20.8. The smallest absolute Gasteiger partial charge is 0.0492 e. The van der Waals surface area contributed by atoms with Crippen molar-refractivity contribution >= 4 is 21.8 Å². The highest BCUT2D eigenvalue weighted by atomic mass is 14.9. The van der Waals surface area contributed by atoms with Crippen LogP contribution < -0.4 is 0 Å². The number of unbranched alkanes of at least 4 members (excludes halogenated alkanes) is 6. The van der Waals surface area contributed by atoms with Crippen LogP contribution in [0.1, 0.15) is 89.2 Å². The molecule has 4 aromatic rings. The van der Waals surface area contributed by atoms with Crippen LogP contribution in [0.2, 0.25) is 0 Å². The first-order valence-electron chi connectivity index (χ1n) is 13.3. The summed E-state index contributed by atoms with van der Waals surface area (Å²) in [5, 5.41) is 2.93. The fourth-order valence-electron chi connectivity index (χ4n) is 6.59. The van der Waals surface area contributed by atoms with Crippen LogP contribution in [0.3, 0.4) is 0 Å². The van der Waals surface area contributed by atoms with Crippen molar-refractivity contribution in [3.8, 4) is 11.1 Å². The summed E-state index contributed by atoms with van der Waals surface area (Å²) in [4.78, 5) is 0. The first-order chi connectivity index (χ1) is 16.2. The van der Waals surface area contributed by atoms with E-state index in [9.17, 15) is 0 Å². The molecular weight excluding hydrogens is 398 g/mol. The number of aromatic nitrogens is 1. The topological polar surface area (TPSA) is 4.93 Å². The van der Waals surface area contributed by atoms with Gasteiger partial charge < -0.3 is 4.57 Å². The Hall–Kier alpha value is -2.54. The van der Waals surface area contributed by atoms with Gasteiger partial charge in [-0.2, -0.15) is 0 Å². The van der Waals surface area contributed by atoms with Crippen LogP contribution in [-0.2, 0) is 12.5 Å². The molecule has 172 valence electrons. The number of benzene rings is 3. The fraction of sp³-hybridized carbons (Fsp3) is 0.438. The van der Waals surface area contributed by atoms with Gasteiger partial charge in [-0.05, 0) is 47.2 Å². The zero-order chi connectivity index (χ0) is 22.8. The maximum atomic E-state index is 2.45. The summed E-state index contributed by atoms with van der Waals surface area (Å²) in [7, 11) is 2.24. The first-order valence-corrected chi connectivity index (χ1v) is 13.3. The monoisotopic (exact) mass is 437 g/mol. The summed E-state index contributed by atoms with van der Waals surface area (Å²) in [6.45, 7) is 4.64. The highest BCUT2D eigenvalue weighted by Gasteiger charge is 2.43. The average Bonchev–Trinajstić information content (AvgIpc) is 3.30. The molecule has 1 aliphatic carbocycles. The number of fused-ring (bicyclic) bond motifs is 7. The predicted octanol–water partition coefficient (Wildman–Crippen LogP) is 9.54. The number of para-hydroxylation sites is 1. The van der Waals surface area contributed by atoms with Crippen molar-refractivity contribution in [1.29, 1.82) is 0 Å². The summed E-state index contributed by atoms with van der Waals surface area (Å²) < 4.78 is 2.41. The summed E-state index contributed by atoms with van der Waals surface area (Å²) in [5.41, 5.74) is 9.06. The Balaban J connectivity index is 1.76. The van der Waals surface area contributed by atoms with E-state index in [-0.39, 0.29) is 5.41 Å². The van der Waals surface area contributed by atoms with Gasteiger partial charge in [-0.1, -0.05) is 114 Å². The molecule has 0 aliphatic heterocycles. The third-order valence-corrected chi connectivity index (χ3v) is 8.21. The zero-order valence-corrected chi connectivity index (χ0v) is 20.8. The van der Waals surface area contributed by atoms with Crippen LogP contribution in [0, 0.1) is 0 Å². The molecule has 0 spiro atoms. The Kier molecular flexibility index (Phi) is 6.32. The molecule has 0 saturated heterocycles. The molecule has 5 rings (SSSR count). The van der Waals surface area contributed by atoms with Crippen LogP contribution in [-0.4, -0.2) is 4.57 Å². The average molecular weight is 438 g/mol. The van der Waals surface area contributed by atoms with Gasteiger partial charge >= 0.3 is 0 Å². The lowest BCUT2D eigenvalue weighted by Gasteiger charge is -2.33. The molecule has 3 aromatic carbocycles. The molecule has 0 saturated carbocycles. The Bertz CT molecular complexity index is 1250. The highest BCUT2D eigenvalue weighted by molar-refractivity contribution is 6.13. The fourth-order valence-corrected chi connectivity index (χ4v) is 6.59. The summed E-state index contributed by atoms with van der Waals surface area (Å²) in [5.74, 6) is 0. The summed E-state index contributed by atoms with van der Waals surface area (Å²) >= 11 is 0. The van der Waals surface area contributed by atoms with Crippen molar-refractivity contribution in [2.75, 3.05) is 0 Å². The van der Waals surface area contributed by atoms with Crippen molar-refractivity contribution in [3.63, 3.8) is 0 Å². The number of aryl methyl sites for hydroxylation is 1. The third-order valence-electron chi connectivity index (χ3n) is 8.21. The summed E-state index contributed by atoms with van der Waals surface area (Å²) in [6.07, 6.45) is 13.1. The Morgan fingerprint density at radius 2 is 1.30 bits per heavy atom. The van der Waals surface area contributed by atoms with E-state index in [0.717, 1.165) is 0 Å². The van der Waals surface area contributed by atoms with Gasteiger partial charge in [-0.3, -0.25) is 0 Å². The van der Waals surface area contributed by atoms with Crippen LogP contribution in [0.15, 0.2) is 60.7 Å². The van der Waals surface area contributed by atoms with E-state index in [2.05, 4.69) is 86.1 Å². The minimum atomic E-state index is 0.136. The molecule has 1 heterocycles. The van der Waals surface area contributed by atoms with Gasteiger partial charge in [0.15, 0.2) is 0 Å². The van der Waals surface area contributed by atoms with Gasteiger partial charge in [-0.15, -0.1) is 0 Å².